The van der Waals surface area contributed by atoms with Crippen LogP contribution in [0.15, 0.2) is 30.6 Å². The third-order valence-electron chi connectivity index (χ3n) is 4.08. The number of thioether (sulfide) groups is 1. The molecule has 0 fully saturated rings. The van der Waals surface area contributed by atoms with Crippen LogP contribution in [0.1, 0.15) is 38.8 Å². The largest absolute Gasteiger partial charge is 0.359 e. The van der Waals surface area contributed by atoms with Gasteiger partial charge in [-0.3, -0.25) is 0 Å². The van der Waals surface area contributed by atoms with Crippen molar-refractivity contribution in [1.29, 1.82) is 0 Å². The molecular weight excluding hydrogens is 326 g/mol. The maximum Gasteiger partial charge on any atom is 0.126 e. The Morgan fingerprint density at radius 1 is 1.22 bits per heavy atom. The monoisotopic (exact) mass is 347 g/mol. The minimum absolute atomic E-state index is 0.190. The number of nitrogens with one attached hydrogen (secondary N) is 2. The molecule has 0 radical (unpaired) electrons. The number of fused-ring (bicyclic) bond motifs is 1. The lowest BCUT2D eigenvalue weighted by molar-refractivity contribution is 0.590. The van der Waals surface area contributed by atoms with Crippen molar-refractivity contribution >= 4 is 34.0 Å². The SMILES string of the molecule is CC1=c2nc[nH]c2=C(SCc2ccc(C(C)(C)C)cc2)NC1Cl. The van der Waals surface area contributed by atoms with E-state index in [4.69, 9.17) is 11.6 Å². The number of aromatic amines is 1. The van der Waals surface area contributed by atoms with Gasteiger partial charge in [0.25, 0.3) is 0 Å². The molecule has 1 unspecified atom stereocenters. The summed E-state index contributed by atoms with van der Waals surface area (Å²) in [5, 5.41) is 6.41. The van der Waals surface area contributed by atoms with Crippen LogP contribution in [-0.4, -0.2) is 15.5 Å². The molecule has 3 rings (SSSR count). The number of hydrogen-bond donors (Lipinski definition) is 2. The first-order valence-electron chi connectivity index (χ1n) is 7.73. The zero-order chi connectivity index (χ0) is 16.6. The van der Waals surface area contributed by atoms with Gasteiger partial charge in [-0.2, -0.15) is 0 Å². The summed E-state index contributed by atoms with van der Waals surface area (Å²) in [5.74, 6) is 0.897. The first-order valence-corrected chi connectivity index (χ1v) is 9.16. The molecule has 0 spiro atoms. The lowest BCUT2D eigenvalue weighted by Crippen LogP contribution is -2.42. The van der Waals surface area contributed by atoms with Gasteiger partial charge in [0, 0.05) is 5.75 Å². The molecule has 0 amide bonds. The van der Waals surface area contributed by atoms with Crippen molar-refractivity contribution in [1.82, 2.24) is 15.3 Å². The van der Waals surface area contributed by atoms with E-state index in [1.54, 1.807) is 18.1 Å². The second-order valence-corrected chi connectivity index (χ2v) is 8.30. The number of hydrogen-bond acceptors (Lipinski definition) is 3. The summed E-state index contributed by atoms with van der Waals surface area (Å²) in [5.41, 5.74) is 3.71. The summed E-state index contributed by atoms with van der Waals surface area (Å²) in [6.07, 6.45) is 1.73. The molecular formula is C18H22ClN3S. The van der Waals surface area contributed by atoms with Crippen molar-refractivity contribution in [2.45, 2.75) is 44.4 Å². The molecule has 2 heterocycles. The van der Waals surface area contributed by atoms with Gasteiger partial charge in [-0.25, -0.2) is 4.98 Å². The van der Waals surface area contributed by atoms with Crippen LogP contribution in [0.3, 0.4) is 0 Å². The highest BCUT2D eigenvalue weighted by Crippen LogP contribution is 2.26. The first-order chi connectivity index (χ1) is 10.9. The van der Waals surface area contributed by atoms with Crippen molar-refractivity contribution in [2.24, 2.45) is 0 Å². The third kappa shape index (κ3) is 3.43. The molecule has 1 aromatic heterocycles. The van der Waals surface area contributed by atoms with E-state index in [-0.39, 0.29) is 10.9 Å². The molecule has 2 N–H and O–H groups in total. The smallest absolute Gasteiger partial charge is 0.126 e. The Balaban J connectivity index is 1.80. The van der Waals surface area contributed by atoms with E-state index in [2.05, 4.69) is 60.3 Å². The fraction of sp³-hybridized carbons (Fsp3) is 0.389. The van der Waals surface area contributed by atoms with E-state index in [1.165, 1.54) is 11.1 Å². The molecule has 1 aromatic carbocycles. The molecule has 0 saturated carbocycles. The Hall–Kier alpha value is -1.39. The average Bonchev–Trinajstić information content (AvgIpc) is 2.99. The number of halogens is 1. The second kappa shape index (κ2) is 6.25. The zero-order valence-corrected chi connectivity index (χ0v) is 15.5. The quantitative estimate of drug-likeness (QED) is 0.662. The fourth-order valence-corrected chi connectivity index (χ4v) is 3.83. The van der Waals surface area contributed by atoms with E-state index in [1.807, 2.05) is 6.92 Å². The van der Waals surface area contributed by atoms with Crippen molar-refractivity contribution in [3.8, 4) is 0 Å². The zero-order valence-electron chi connectivity index (χ0n) is 13.9. The van der Waals surface area contributed by atoms with Crippen molar-refractivity contribution in [3.63, 3.8) is 0 Å². The van der Waals surface area contributed by atoms with Crippen LogP contribution in [0.4, 0.5) is 0 Å². The van der Waals surface area contributed by atoms with E-state index in [0.717, 1.165) is 27.1 Å². The van der Waals surface area contributed by atoms with Crippen LogP contribution < -0.4 is 16.0 Å². The van der Waals surface area contributed by atoms with E-state index in [9.17, 15) is 0 Å². The highest BCUT2D eigenvalue weighted by atomic mass is 35.5. The molecule has 1 aliphatic rings. The third-order valence-corrected chi connectivity index (χ3v) is 5.61. The lowest BCUT2D eigenvalue weighted by atomic mass is 9.87. The summed E-state index contributed by atoms with van der Waals surface area (Å²) in [6, 6.07) is 8.86. The number of rotatable bonds is 3. The molecule has 2 aromatic rings. The van der Waals surface area contributed by atoms with Crippen molar-refractivity contribution in [2.75, 3.05) is 0 Å². The van der Waals surface area contributed by atoms with Crippen LogP contribution in [0, 0.1) is 0 Å². The van der Waals surface area contributed by atoms with Crippen LogP contribution in [0.2, 0.25) is 0 Å². The van der Waals surface area contributed by atoms with Gasteiger partial charge in [0.2, 0.25) is 0 Å². The van der Waals surface area contributed by atoms with E-state index >= 15 is 0 Å². The van der Waals surface area contributed by atoms with Gasteiger partial charge in [0.15, 0.2) is 0 Å². The Bertz CT molecular complexity index is 815. The minimum atomic E-state index is -0.198. The Morgan fingerprint density at radius 2 is 1.91 bits per heavy atom. The number of alkyl halides is 1. The Kier molecular flexibility index (Phi) is 4.47. The number of nitrogens with zero attached hydrogens (tertiary/aromatic N) is 1. The number of benzene rings is 1. The van der Waals surface area contributed by atoms with Crippen molar-refractivity contribution in [3.05, 3.63) is 52.4 Å². The topological polar surface area (TPSA) is 40.7 Å². The van der Waals surface area contributed by atoms with Gasteiger partial charge >= 0.3 is 0 Å². The highest BCUT2D eigenvalue weighted by Gasteiger charge is 2.18. The Morgan fingerprint density at radius 3 is 2.57 bits per heavy atom. The minimum Gasteiger partial charge on any atom is -0.359 e. The molecule has 1 atom stereocenters. The Labute approximate surface area is 146 Å². The second-order valence-electron chi connectivity index (χ2n) is 6.88. The van der Waals surface area contributed by atoms with E-state index in [0.29, 0.717) is 0 Å². The van der Waals surface area contributed by atoms with E-state index < -0.39 is 0 Å². The molecule has 122 valence electrons. The molecule has 1 aliphatic heterocycles. The summed E-state index contributed by atoms with van der Waals surface area (Å²) < 4.78 is 0. The van der Waals surface area contributed by atoms with Gasteiger partial charge < -0.3 is 10.3 Å². The normalized spacial score (nSPS) is 17.9. The standard InChI is InChI=1S/C18H22ClN3S/c1-11-14-15(21-10-20-14)17(22-16(11)19)23-9-12-5-7-13(8-6-12)18(2,3)4/h5-8,10,16,22H,9H2,1-4H3,(H,20,21). The molecule has 5 heteroatoms. The number of imidazole rings is 1. The van der Waals surface area contributed by atoms with Gasteiger partial charge in [-0.15, -0.1) is 11.8 Å². The molecule has 3 nitrogen and oxygen atoms in total. The highest BCUT2D eigenvalue weighted by molar-refractivity contribution is 8.07. The van der Waals surface area contributed by atoms with Crippen LogP contribution in [0.25, 0.3) is 10.6 Å². The van der Waals surface area contributed by atoms with Crippen LogP contribution in [0.5, 0.6) is 0 Å². The fourth-order valence-electron chi connectivity index (χ4n) is 2.55. The maximum absolute atomic E-state index is 6.36. The number of H-pyrrole nitrogens is 1. The van der Waals surface area contributed by atoms with Gasteiger partial charge in [-0.1, -0.05) is 56.6 Å². The van der Waals surface area contributed by atoms with Crippen LogP contribution >= 0.6 is 23.4 Å². The van der Waals surface area contributed by atoms with Crippen molar-refractivity contribution < 1.29 is 0 Å². The summed E-state index contributed by atoms with van der Waals surface area (Å²) in [7, 11) is 0. The molecule has 0 bridgehead atoms. The first kappa shape index (κ1) is 16.5. The molecule has 23 heavy (non-hydrogen) atoms. The molecule has 0 aliphatic carbocycles. The summed E-state index contributed by atoms with van der Waals surface area (Å²) >= 11 is 8.12. The predicted octanol–water partition coefficient (Wildman–Crippen LogP) is 3.05. The van der Waals surface area contributed by atoms with Gasteiger partial charge in [-0.05, 0) is 29.0 Å². The summed E-state index contributed by atoms with van der Waals surface area (Å²) in [4.78, 5) is 7.59. The maximum atomic E-state index is 6.36. The van der Waals surface area contributed by atoms with Crippen LogP contribution in [-0.2, 0) is 11.2 Å². The average molecular weight is 348 g/mol. The van der Waals surface area contributed by atoms with Gasteiger partial charge in [0.1, 0.15) is 5.50 Å². The number of aromatic nitrogens is 2. The molecule has 0 saturated heterocycles. The summed E-state index contributed by atoms with van der Waals surface area (Å²) in [6.45, 7) is 8.71. The van der Waals surface area contributed by atoms with Gasteiger partial charge in [0.05, 0.1) is 22.1 Å². The lowest BCUT2D eigenvalue weighted by Gasteiger charge is -2.20. The predicted molar refractivity (Wildman–Crippen MR) is 99.5 cm³/mol.